The highest BCUT2D eigenvalue weighted by molar-refractivity contribution is 7.18. The van der Waals surface area contributed by atoms with Crippen LogP contribution in [0.25, 0.3) is 21.5 Å². The van der Waals surface area contributed by atoms with E-state index < -0.39 is 0 Å². The zero-order valence-corrected chi connectivity index (χ0v) is 14.4. The molecule has 0 bridgehead atoms. The maximum Gasteiger partial charge on any atom is 0.206 e. The molecule has 0 saturated heterocycles. The molecule has 3 rings (SSSR count). The molecule has 0 amide bonds. The molecule has 122 valence electrons. The highest BCUT2D eigenvalue weighted by Crippen LogP contribution is 2.31. The quantitative estimate of drug-likeness (QED) is 0.645. The smallest absolute Gasteiger partial charge is 0.206 e. The molecule has 4 N–H and O–H groups in total. The van der Waals surface area contributed by atoms with Gasteiger partial charge in [-0.05, 0) is 37.0 Å². The Morgan fingerprint density at radius 2 is 2.13 bits per heavy atom. The summed E-state index contributed by atoms with van der Waals surface area (Å²) in [6.45, 7) is 7.14. The Bertz CT molecular complexity index is 791. The number of anilines is 1. The Labute approximate surface area is 139 Å². The molecule has 0 saturated carbocycles. The van der Waals surface area contributed by atoms with E-state index in [4.69, 9.17) is 5.73 Å². The van der Waals surface area contributed by atoms with Crippen LogP contribution in [0.5, 0.6) is 0 Å². The lowest BCUT2D eigenvalue weighted by Crippen LogP contribution is -2.30. The molecule has 0 aliphatic heterocycles. The van der Waals surface area contributed by atoms with Crippen LogP contribution in [0.4, 0.5) is 5.13 Å². The minimum atomic E-state index is 0.131. The van der Waals surface area contributed by atoms with E-state index >= 15 is 0 Å². The molecule has 1 unspecified atom stereocenters. The summed E-state index contributed by atoms with van der Waals surface area (Å²) in [5, 5.41) is 21.7. The number of nitrogens with one attached hydrogen (secondary N) is 2. The fourth-order valence-electron chi connectivity index (χ4n) is 2.64. The Morgan fingerprint density at radius 3 is 2.91 bits per heavy atom. The largest absolute Gasteiger partial charge is 0.359 e. The molecule has 0 radical (unpaired) electrons. The van der Waals surface area contributed by atoms with Crippen molar-refractivity contribution in [2.45, 2.75) is 33.2 Å². The van der Waals surface area contributed by atoms with Crippen LogP contribution in [0.15, 0.2) is 18.3 Å². The van der Waals surface area contributed by atoms with E-state index in [1.54, 1.807) is 11.3 Å². The van der Waals surface area contributed by atoms with Crippen molar-refractivity contribution in [3.8, 4) is 10.6 Å². The molecule has 2 aromatic heterocycles. The van der Waals surface area contributed by atoms with Gasteiger partial charge in [0.1, 0.15) is 5.01 Å². The summed E-state index contributed by atoms with van der Waals surface area (Å²) in [5.74, 6) is 0.598. The van der Waals surface area contributed by atoms with Gasteiger partial charge in [0.25, 0.3) is 0 Å². The first-order chi connectivity index (χ1) is 11.0. The molecule has 23 heavy (non-hydrogen) atoms. The van der Waals surface area contributed by atoms with Crippen LogP contribution < -0.4 is 11.1 Å². The topological polar surface area (TPSA) is 92.5 Å². The molecule has 0 spiro atoms. The third kappa shape index (κ3) is 3.68. The van der Waals surface area contributed by atoms with Crippen molar-refractivity contribution in [3.63, 3.8) is 0 Å². The Morgan fingerprint density at radius 1 is 1.30 bits per heavy atom. The summed E-state index contributed by atoms with van der Waals surface area (Å²) in [6.07, 6.45) is 2.82. The zero-order chi connectivity index (χ0) is 16.4. The predicted molar refractivity (Wildman–Crippen MR) is 95.7 cm³/mol. The van der Waals surface area contributed by atoms with Gasteiger partial charge < -0.3 is 11.1 Å². The van der Waals surface area contributed by atoms with Gasteiger partial charge in [-0.1, -0.05) is 25.2 Å². The van der Waals surface area contributed by atoms with Crippen molar-refractivity contribution in [2.75, 3.05) is 11.9 Å². The normalized spacial score (nSPS) is 12.9. The van der Waals surface area contributed by atoms with Crippen LogP contribution in [0.1, 0.15) is 25.8 Å². The average Bonchev–Trinajstić information content (AvgIpc) is 3.11. The van der Waals surface area contributed by atoms with Crippen molar-refractivity contribution < 1.29 is 0 Å². The lowest BCUT2D eigenvalue weighted by molar-refractivity contribution is 0.508. The van der Waals surface area contributed by atoms with Gasteiger partial charge in [0.2, 0.25) is 5.13 Å². The monoisotopic (exact) mass is 330 g/mol. The van der Waals surface area contributed by atoms with Crippen molar-refractivity contribution in [1.82, 2.24) is 20.4 Å². The second-order valence-corrected chi connectivity index (χ2v) is 7.28. The Hall–Kier alpha value is -1.99. The maximum atomic E-state index is 6.10. The zero-order valence-electron chi connectivity index (χ0n) is 13.6. The third-order valence-corrected chi connectivity index (χ3v) is 4.64. The lowest BCUT2D eigenvalue weighted by Gasteiger charge is -2.13. The van der Waals surface area contributed by atoms with E-state index in [0.717, 1.165) is 38.6 Å². The minimum absolute atomic E-state index is 0.131. The van der Waals surface area contributed by atoms with E-state index in [1.165, 1.54) is 0 Å². The number of nitrogens with two attached hydrogens (primary N) is 1. The van der Waals surface area contributed by atoms with E-state index in [0.29, 0.717) is 12.5 Å². The second-order valence-electron chi connectivity index (χ2n) is 6.31. The predicted octanol–water partition coefficient (Wildman–Crippen LogP) is 3.18. The summed E-state index contributed by atoms with van der Waals surface area (Å²) in [5.41, 5.74) is 9.38. The summed E-state index contributed by atoms with van der Waals surface area (Å²) in [6, 6.07) is 4.32. The Balaban J connectivity index is 1.74. The first-order valence-corrected chi connectivity index (χ1v) is 8.61. The molecule has 7 heteroatoms. The summed E-state index contributed by atoms with van der Waals surface area (Å²) in [7, 11) is 0. The molecule has 6 nitrogen and oxygen atoms in total. The van der Waals surface area contributed by atoms with Crippen molar-refractivity contribution in [1.29, 1.82) is 0 Å². The van der Waals surface area contributed by atoms with Crippen LogP contribution >= 0.6 is 11.3 Å². The van der Waals surface area contributed by atoms with Gasteiger partial charge in [-0.2, -0.15) is 5.10 Å². The van der Waals surface area contributed by atoms with Gasteiger partial charge in [-0.3, -0.25) is 5.10 Å². The first-order valence-electron chi connectivity index (χ1n) is 7.80. The first kappa shape index (κ1) is 15.9. The molecule has 1 aromatic carbocycles. The minimum Gasteiger partial charge on any atom is -0.359 e. The lowest BCUT2D eigenvalue weighted by atomic mass is 10.1. The third-order valence-electron chi connectivity index (χ3n) is 3.73. The van der Waals surface area contributed by atoms with E-state index in [-0.39, 0.29) is 6.04 Å². The van der Waals surface area contributed by atoms with Crippen molar-refractivity contribution >= 4 is 27.4 Å². The fraction of sp³-hybridized carbons (Fsp3) is 0.438. The molecule has 2 heterocycles. The van der Waals surface area contributed by atoms with Crippen molar-refractivity contribution in [3.05, 3.63) is 23.9 Å². The standard InChI is InChI=1S/C16H22N6S/c1-9(2)4-12(17)8-18-16-22-21-15(23-16)13-6-11-7-19-20-14(11)5-10(13)3/h5-7,9,12H,4,8,17H2,1-3H3,(H,18,22)(H,19,20). The van der Waals surface area contributed by atoms with Crippen LogP contribution in [-0.2, 0) is 0 Å². The Kier molecular flexibility index (Phi) is 4.58. The van der Waals surface area contributed by atoms with E-state index in [9.17, 15) is 0 Å². The van der Waals surface area contributed by atoms with E-state index in [2.05, 4.69) is 58.6 Å². The molecular formula is C16H22N6S. The van der Waals surface area contributed by atoms with Gasteiger partial charge in [0, 0.05) is 23.5 Å². The fourth-order valence-corrected chi connectivity index (χ4v) is 3.47. The number of hydrogen-bond acceptors (Lipinski definition) is 6. The summed E-state index contributed by atoms with van der Waals surface area (Å²) < 4.78 is 0. The number of rotatable bonds is 6. The molecular weight excluding hydrogens is 308 g/mol. The average molecular weight is 330 g/mol. The van der Waals surface area contributed by atoms with Gasteiger partial charge in [0.05, 0.1) is 11.7 Å². The SMILES string of the molecule is Cc1cc2[nH]ncc2cc1-c1nnc(NCC(N)CC(C)C)s1. The number of benzene rings is 1. The van der Waals surface area contributed by atoms with Gasteiger partial charge in [-0.15, -0.1) is 10.2 Å². The molecule has 0 aliphatic carbocycles. The number of fused-ring (bicyclic) bond motifs is 1. The number of aryl methyl sites for hydroxylation is 1. The molecule has 1 atom stereocenters. The maximum absolute atomic E-state index is 6.10. The van der Waals surface area contributed by atoms with Crippen LogP contribution in [0, 0.1) is 12.8 Å². The number of H-pyrrole nitrogens is 1. The van der Waals surface area contributed by atoms with Gasteiger partial charge >= 0.3 is 0 Å². The number of nitrogens with zero attached hydrogens (tertiary/aromatic N) is 3. The van der Waals surface area contributed by atoms with Crippen LogP contribution in [0.3, 0.4) is 0 Å². The van der Waals surface area contributed by atoms with Gasteiger partial charge in [0.15, 0.2) is 0 Å². The molecule has 0 aliphatic rings. The van der Waals surface area contributed by atoms with Crippen LogP contribution in [0.2, 0.25) is 0 Å². The highest BCUT2D eigenvalue weighted by atomic mass is 32.1. The molecule has 3 aromatic rings. The van der Waals surface area contributed by atoms with Crippen molar-refractivity contribution in [2.24, 2.45) is 11.7 Å². The number of aromatic nitrogens is 4. The summed E-state index contributed by atoms with van der Waals surface area (Å²) in [4.78, 5) is 0. The molecule has 0 fully saturated rings. The number of aromatic amines is 1. The van der Waals surface area contributed by atoms with Gasteiger partial charge in [-0.25, -0.2) is 0 Å². The highest BCUT2D eigenvalue weighted by Gasteiger charge is 2.12. The number of hydrogen-bond donors (Lipinski definition) is 3. The van der Waals surface area contributed by atoms with E-state index in [1.807, 2.05) is 6.20 Å². The second kappa shape index (κ2) is 6.64. The van der Waals surface area contributed by atoms with Crippen LogP contribution in [-0.4, -0.2) is 33.0 Å². The summed E-state index contributed by atoms with van der Waals surface area (Å²) >= 11 is 1.55.